The number of nitrogens with one attached hydrogen (secondary N) is 2. The number of amides is 4. The summed E-state index contributed by atoms with van der Waals surface area (Å²) in [4.78, 5) is 46.4. The molecule has 0 saturated heterocycles. The molecular formula is C17H17N3O6. The largest absolute Gasteiger partial charge is 0.459 e. The number of benzene rings is 1. The number of hydrogen-bond donors (Lipinski definition) is 3. The van der Waals surface area contributed by atoms with E-state index in [1.807, 2.05) is 5.32 Å². The molecule has 0 aliphatic rings. The Kier molecular flexibility index (Phi) is 5.74. The number of carbonyl (C=O) groups is 4. The van der Waals surface area contributed by atoms with Gasteiger partial charge in [0.05, 0.1) is 11.8 Å². The zero-order valence-electron chi connectivity index (χ0n) is 14.1. The van der Waals surface area contributed by atoms with Gasteiger partial charge in [0.2, 0.25) is 0 Å². The number of hydrogen-bond acceptors (Lipinski definition) is 6. The fourth-order valence-corrected chi connectivity index (χ4v) is 1.98. The van der Waals surface area contributed by atoms with Crippen LogP contribution in [-0.4, -0.2) is 29.9 Å². The lowest BCUT2D eigenvalue weighted by Gasteiger charge is -2.13. The van der Waals surface area contributed by atoms with Gasteiger partial charge in [-0.2, -0.15) is 0 Å². The first-order valence-corrected chi connectivity index (χ1v) is 7.54. The number of aryl methyl sites for hydroxylation is 1. The third-order valence-electron chi connectivity index (χ3n) is 3.37. The highest BCUT2D eigenvalue weighted by Crippen LogP contribution is 2.19. The molecule has 26 heavy (non-hydrogen) atoms. The van der Waals surface area contributed by atoms with Crippen LogP contribution in [0.25, 0.3) is 0 Å². The summed E-state index contributed by atoms with van der Waals surface area (Å²) in [6.07, 6.45) is 0.145. The Morgan fingerprint density at radius 1 is 1.19 bits per heavy atom. The summed E-state index contributed by atoms with van der Waals surface area (Å²) >= 11 is 0. The molecule has 0 saturated carbocycles. The van der Waals surface area contributed by atoms with Crippen molar-refractivity contribution in [2.24, 2.45) is 5.73 Å². The van der Waals surface area contributed by atoms with E-state index in [4.69, 9.17) is 14.9 Å². The van der Waals surface area contributed by atoms with Crippen LogP contribution in [0, 0.1) is 6.92 Å². The van der Waals surface area contributed by atoms with Gasteiger partial charge in [0.1, 0.15) is 0 Å². The third-order valence-corrected chi connectivity index (χ3v) is 3.37. The molecule has 4 N–H and O–H groups in total. The molecule has 4 amide bonds. The lowest BCUT2D eigenvalue weighted by atomic mass is 10.1. The van der Waals surface area contributed by atoms with Crippen molar-refractivity contribution < 1.29 is 28.3 Å². The van der Waals surface area contributed by atoms with Crippen LogP contribution in [0.4, 0.5) is 10.5 Å². The fourth-order valence-electron chi connectivity index (χ4n) is 1.98. The predicted molar refractivity (Wildman–Crippen MR) is 90.4 cm³/mol. The molecule has 9 nitrogen and oxygen atoms in total. The molecule has 0 aliphatic carbocycles. The normalized spacial score (nSPS) is 11.3. The van der Waals surface area contributed by atoms with E-state index in [1.165, 1.54) is 31.4 Å². The maximum atomic E-state index is 12.2. The summed E-state index contributed by atoms with van der Waals surface area (Å²) in [5.41, 5.74) is 6.05. The van der Waals surface area contributed by atoms with Gasteiger partial charge in [-0.3, -0.25) is 14.9 Å². The monoisotopic (exact) mass is 359 g/mol. The first-order valence-electron chi connectivity index (χ1n) is 7.54. The molecule has 1 aromatic carbocycles. The van der Waals surface area contributed by atoms with E-state index in [9.17, 15) is 19.2 Å². The molecule has 0 bridgehead atoms. The highest BCUT2D eigenvalue weighted by molar-refractivity contribution is 6.03. The summed E-state index contributed by atoms with van der Waals surface area (Å²) in [5.74, 6) is -2.00. The first kappa shape index (κ1) is 18.7. The van der Waals surface area contributed by atoms with Gasteiger partial charge in [-0.15, -0.1) is 0 Å². The van der Waals surface area contributed by atoms with Gasteiger partial charge in [0, 0.05) is 5.69 Å². The van der Waals surface area contributed by atoms with Crippen molar-refractivity contribution in [3.63, 3.8) is 0 Å². The summed E-state index contributed by atoms with van der Waals surface area (Å²) < 4.78 is 9.99. The van der Waals surface area contributed by atoms with Gasteiger partial charge in [-0.25, -0.2) is 9.59 Å². The van der Waals surface area contributed by atoms with Gasteiger partial charge in [0.15, 0.2) is 11.9 Å². The number of ether oxygens (including phenoxy) is 1. The van der Waals surface area contributed by atoms with Crippen LogP contribution in [0.1, 0.15) is 33.4 Å². The molecule has 136 valence electrons. The van der Waals surface area contributed by atoms with E-state index in [0.717, 1.165) is 0 Å². The van der Waals surface area contributed by atoms with Crippen molar-refractivity contribution >= 4 is 29.5 Å². The van der Waals surface area contributed by atoms with E-state index in [0.29, 0.717) is 11.3 Å². The van der Waals surface area contributed by atoms with E-state index in [2.05, 4.69) is 5.32 Å². The number of primary amides is 1. The Morgan fingerprint density at radius 2 is 1.92 bits per heavy atom. The molecule has 2 rings (SSSR count). The molecule has 0 aliphatic heterocycles. The van der Waals surface area contributed by atoms with Crippen LogP contribution in [-0.2, 0) is 9.53 Å². The second-order valence-corrected chi connectivity index (χ2v) is 5.36. The van der Waals surface area contributed by atoms with Crippen molar-refractivity contribution in [3.8, 4) is 0 Å². The van der Waals surface area contributed by atoms with Gasteiger partial charge in [-0.05, 0) is 43.7 Å². The average Bonchev–Trinajstić information content (AvgIpc) is 3.10. The lowest BCUT2D eigenvalue weighted by molar-refractivity contribution is -0.127. The highest BCUT2D eigenvalue weighted by Gasteiger charge is 2.21. The zero-order chi connectivity index (χ0) is 19.3. The minimum absolute atomic E-state index is 0.115. The fraction of sp³-hybridized carbons (Fsp3) is 0.176. The number of carbonyl (C=O) groups excluding carboxylic acids is 4. The van der Waals surface area contributed by atoms with Crippen molar-refractivity contribution in [2.45, 2.75) is 20.0 Å². The van der Waals surface area contributed by atoms with Crippen molar-refractivity contribution in [3.05, 3.63) is 53.5 Å². The zero-order valence-corrected chi connectivity index (χ0v) is 14.1. The second-order valence-electron chi connectivity index (χ2n) is 5.36. The Labute approximate surface area is 148 Å². The van der Waals surface area contributed by atoms with Crippen molar-refractivity contribution in [1.82, 2.24) is 5.32 Å². The average molecular weight is 359 g/mol. The van der Waals surface area contributed by atoms with Crippen molar-refractivity contribution in [2.75, 3.05) is 5.32 Å². The van der Waals surface area contributed by atoms with Crippen LogP contribution in [0.15, 0.2) is 41.0 Å². The second kappa shape index (κ2) is 7.97. The summed E-state index contributed by atoms with van der Waals surface area (Å²) in [7, 11) is 0. The van der Waals surface area contributed by atoms with Gasteiger partial charge in [-0.1, -0.05) is 6.07 Å². The molecule has 2 aromatic rings. The lowest BCUT2D eigenvalue weighted by Crippen LogP contribution is -2.42. The number of rotatable bonds is 5. The Hall–Kier alpha value is -3.62. The maximum Gasteiger partial charge on any atom is 0.338 e. The molecule has 1 atom stereocenters. The van der Waals surface area contributed by atoms with Gasteiger partial charge >= 0.3 is 12.0 Å². The molecule has 0 unspecified atom stereocenters. The Bertz CT molecular complexity index is 844. The Balaban J connectivity index is 2.10. The van der Waals surface area contributed by atoms with Crippen LogP contribution < -0.4 is 16.4 Å². The van der Waals surface area contributed by atoms with Gasteiger partial charge in [0.25, 0.3) is 11.8 Å². The molecule has 0 spiro atoms. The van der Waals surface area contributed by atoms with Crippen LogP contribution in [0.3, 0.4) is 0 Å². The minimum Gasteiger partial charge on any atom is -0.459 e. The summed E-state index contributed by atoms with van der Waals surface area (Å²) in [6.45, 7) is 3.04. The molecule has 9 heteroatoms. The van der Waals surface area contributed by atoms with E-state index in [1.54, 1.807) is 19.1 Å². The number of imide groups is 1. The predicted octanol–water partition coefficient (Wildman–Crippen LogP) is 1.58. The van der Waals surface area contributed by atoms with Crippen LogP contribution in [0.2, 0.25) is 0 Å². The molecule has 1 heterocycles. The number of esters is 1. The van der Waals surface area contributed by atoms with Crippen LogP contribution in [0.5, 0.6) is 0 Å². The molecular weight excluding hydrogens is 342 g/mol. The topological polar surface area (TPSA) is 141 Å². The van der Waals surface area contributed by atoms with Crippen molar-refractivity contribution in [1.29, 1.82) is 0 Å². The number of furan rings is 1. The van der Waals surface area contributed by atoms with E-state index >= 15 is 0 Å². The van der Waals surface area contributed by atoms with Gasteiger partial charge < -0.3 is 20.2 Å². The summed E-state index contributed by atoms with van der Waals surface area (Å²) in [6, 6.07) is 6.55. The quantitative estimate of drug-likeness (QED) is 0.692. The van der Waals surface area contributed by atoms with E-state index < -0.39 is 29.9 Å². The van der Waals surface area contributed by atoms with Crippen LogP contribution >= 0.6 is 0 Å². The smallest absolute Gasteiger partial charge is 0.338 e. The number of urea groups is 1. The van der Waals surface area contributed by atoms with E-state index in [-0.39, 0.29) is 11.3 Å². The first-order chi connectivity index (χ1) is 12.3. The molecule has 0 radical (unpaired) electrons. The molecule has 1 aromatic heterocycles. The summed E-state index contributed by atoms with van der Waals surface area (Å²) in [5, 5.41) is 4.45. The molecule has 0 fully saturated rings. The SMILES string of the molecule is Cc1ccc(C(=O)O[C@@H](C)C(=O)NC(N)=O)cc1NC(=O)c1ccco1. The standard InChI is InChI=1S/C17H17N3O6/c1-9-5-6-11(16(23)26-10(2)14(21)20-17(18)24)8-12(9)19-15(22)13-4-3-7-25-13/h3-8,10H,1-2H3,(H,19,22)(H3,18,20,21,24)/t10-/m0/s1. The third kappa shape index (κ3) is 4.69. The Morgan fingerprint density at radius 3 is 2.54 bits per heavy atom. The maximum absolute atomic E-state index is 12.2. The number of anilines is 1. The highest BCUT2D eigenvalue weighted by atomic mass is 16.5. The number of nitrogens with two attached hydrogens (primary N) is 1. The minimum atomic E-state index is -1.22.